The number of hydrogen-bond acceptors (Lipinski definition) is 5. The number of benzene rings is 2. The number of carbonyl (C=O) groups is 1. The molecule has 33 heavy (non-hydrogen) atoms. The molecule has 2 aromatic carbocycles. The Labute approximate surface area is 193 Å². The molecule has 168 valence electrons. The molecule has 1 aliphatic carbocycles. The number of nitrogens with two attached hydrogens (primary N) is 1. The highest BCUT2D eigenvalue weighted by molar-refractivity contribution is 6.00. The zero-order chi connectivity index (χ0) is 23.2. The van der Waals surface area contributed by atoms with Crippen LogP contribution in [0.25, 0.3) is 0 Å². The van der Waals surface area contributed by atoms with Gasteiger partial charge in [-0.05, 0) is 28.7 Å². The fourth-order valence-corrected chi connectivity index (χ4v) is 4.86. The highest BCUT2D eigenvalue weighted by atomic mass is 16.5. The number of fused-ring (bicyclic) bond motifs is 1. The number of anilines is 1. The lowest BCUT2D eigenvalue weighted by molar-refractivity contribution is -0.677. The maximum atomic E-state index is 13.4. The van der Waals surface area contributed by atoms with E-state index in [0.717, 1.165) is 22.4 Å². The number of hydrogen-bond donors (Lipinski definition) is 1. The number of rotatable bonds is 4. The maximum absolute atomic E-state index is 13.4. The second-order valence-electron chi connectivity index (χ2n) is 9.55. The van der Waals surface area contributed by atoms with Crippen molar-refractivity contribution in [3.63, 3.8) is 0 Å². The summed E-state index contributed by atoms with van der Waals surface area (Å²) in [5, 5.41) is 0. The van der Waals surface area contributed by atoms with E-state index in [2.05, 4.69) is 31.0 Å². The molecule has 0 amide bonds. The quantitative estimate of drug-likeness (QED) is 0.614. The first kappa shape index (κ1) is 21.2. The van der Waals surface area contributed by atoms with E-state index in [0.29, 0.717) is 42.4 Å². The van der Waals surface area contributed by atoms with Gasteiger partial charge in [-0.2, -0.15) is 0 Å². The minimum absolute atomic E-state index is 0.102. The van der Waals surface area contributed by atoms with Crippen LogP contribution in [-0.2, 0) is 11.3 Å². The molecule has 6 heteroatoms. The Morgan fingerprint density at radius 1 is 1.12 bits per heavy atom. The van der Waals surface area contributed by atoms with E-state index >= 15 is 0 Å². The van der Waals surface area contributed by atoms with Crippen molar-refractivity contribution in [2.24, 2.45) is 5.41 Å². The minimum Gasteiger partial charge on any atom is -0.497 e. The summed E-state index contributed by atoms with van der Waals surface area (Å²) in [4.78, 5) is 18.1. The fourth-order valence-electron chi connectivity index (χ4n) is 4.86. The third-order valence-electron chi connectivity index (χ3n) is 6.45. The smallest absolute Gasteiger partial charge is 0.305 e. The predicted octanol–water partition coefficient (Wildman–Crippen LogP) is 4.18. The van der Waals surface area contributed by atoms with Crippen LogP contribution >= 0.6 is 0 Å². The van der Waals surface area contributed by atoms with Crippen molar-refractivity contribution < 1.29 is 18.8 Å². The summed E-state index contributed by atoms with van der Waals surface area (Å²) in [6.45, 7) is 4.77. The molecule has 0 saturated heterocycles. The van der Waals surface area contributed by atoms with Gasteiger partial charge in [0.15, 0.2) is 5.78 Å². The monoisotopic (exact) mass is 442 g/mol. The van der Waals surface area contributed by atoms with E-state index in [1.807, 2.05) is 47.0 Å². The highest BCUT2D eigenvalue weighted by Crippen LogP contribution is 2.50. The van der Waals surface area contributed by atoms with Gasteiger partial charge in [0.2, 0.25) is 12.1 Å². The fraction of sp³-hybridized carbons (Fsp3) is 0.296. The number of ketones is 1. The molecule has 2 aliphatic rings. The molecule has 0 spiro atoms. The molecule has 0 saturated carbocycles. The summed E-state index contributed by atoms with van der Waals surface area (Å²) in [5.74, 6) is 2.25. The number of aromatic nitrogens is 2. The van der Waals surface area contributed by atoms with Crippen LogP contribution in [0, 0.1) is 5.41 Å². The van der Waals surface area contributed by atoms with Gasteiger partial charge in [-0.25, -0.2) is 4.57 Å². The van der Waals surface area contributed by atoms with Gasteiger partial charge in [0, 0.05) is 18.4 Å². The first-order chi connectivity index (χ1) is 15.9. The normalized spacial score (nSPS) is 18.9. The van der Waals surface area contributed by atoms with Crippen molar-refractivity contribution in [2.75, 3.05) is 12.8 Å². The lowest BCUT2D eigenvalue weighted by atomic mass is 9.70. The molecule has 0 radical (unpaired) electrons. The Balaban J connectivity index is 1.67. The highest BCUT2D eigenvalue weighted by Gasteiger charge is 2.45. The zero-order valence-electron chi connectivity index (χ0n) is 19.2. The lowest BCUT2D eigenvalue weighted by Gasteiger charge is -2.37. The maximum Gasteiger partial charge on any atom is 0.305 e. The van der Waals surface area contributed by atoms with Gasteiger partial charge in [0.1, 0.15) is 17.1 Å². The van der Waals surface area contributed by atoms with E-state index in [9.17, 15) is 4.79 Å². The van der Waals surface area contributed by atoms with Crippen molar-refractivity contribution in [1.82, 2.24) is 4.98 Å². The topological polar surface area (TPSA) is 78.3 Å². The Bertz CT molecular complexity index is 1250. The van der Waals surface area contributed by atoms with Gasteiger partial charge in [-0.3, -0.25) is 4.79 Å². The van der Waals surface area contributed by atoms with Crippen molar-refractivity contribution in [3.8, 4) is 11.6 Å². The number of Topliss-reactive ketones (excluding diaryl/α,β-unsaturated/α-hetero) is 1. The average molecular weight is 443 g/mol. The number of nitrogen functional groups attached to an aromatic ring is 1. The minimum atomic E-state index is -0.339. The van der Waals surface area contributed by atoms with Gasteiger partial charge >= 0.3 is 5.88 Å². The molecule has 6 nitrogen and oxygen atoms in total. The van der Waals surface area contributed by atoms with Crippen LogP contribution in [0.3, 0.4) is 0 Å². The van der Waals surface area contributed by atoms with Crippen molar-refractivity contribution >= 4 is 11.6 Å². The van der Waals surface area contributed by atoms with Crippen molar-refractivity contribution in [3.05, 3.63) is 88.9 Å². The lowest BCUT2D eigenvalue weighted by Crippen LogP contribution is -2.41. The molecule has 0 unspecified atom stereocenters. The molecule has 2 heterocycles. The van der Waals surface area contributed by atoms with Crippen molar-refractivity contribution in [1.29, 1.82) is 0 Å². The second-order valence-corrected chi connectivity index (χ2v) is 9.55. The number of methoxy groups -OCH3 is 1. The van der Waals surface area contributed by atoms with Crippen LogP contribution in [0.4, 0.5) is 5.82 Å². The summed E-state index contributed by atoms with van der Waals surface area (Å²) in [6.07, 6.45) is 2.87. The number of ether oxygens (including phenoxy) is 2. The third kappa shape index (κ3) is 3.86. The van der Waals surface area contributed by atoms with Crippen LogP contribution in [0.2, 0.25) is 0 Å². The second kappa shape index (κ2) is 8.03. The molecule has 0 fully saturated rings. The van der Waals surface area contributed by atoms with Gasteiger partial charge in [0.25, 0.3) is 0 Å². The summed E-state index contributed by atoms with van der Waals surface area (Å²) in [5.41, 5.74) is 10.1. The van der Waals surface area contributed by atoms with Gasteiger partial charge in [0.05, 0.1) is 19.6 Å². The number of nitrogens with zero attached hydrogens (tertiary/aromatic N) is 2. The first-order valence-electron chi connectivity index (χ1n) is 11.2. The van der Waals surface area contributed by atoms with Gasteiger partial charge in [-0.1, -0.05) is 61.3 Å². The van der Waals surface area contributed by atoms with Gasteiger partial charge < -0.3 is 15.2 Å². The molecule has 2 N–H and O–H groups in total. The molecule has 5 rings (SSSR count). The standard InChI is InChI=1S/C27H27N3O3/c1-27(2)13-20(31)23-21(14-27)33-26-24(22(23)18-9-11-19(32-3)12-10-18)25(28)30(16-29-26)15-17-7-5-4-6-8-17/h4-12,16,22,28H,13-15H2,1-3H3/p+1/t22-/m1/s1. The van der Waals surface area contributed by atoms with Crippen LogP contribution in [-0.4, -0.2) is 17.9 Å². The molecule has 1 atom stereocenters. The SMILES string of the molecule is COc1ccc([C@@H]2C3=C(CC(C)(C)CC3=O)Oc3nc[n+](Cc4ccccc4)c(N)c32)cc1. The van der Waals surface area contributed by atoms with E-state index < -0.39 is 0 Å². The Hall–Kier alpha value is -3.67. The van der Waals surface area contributed by atoms with Crippen LogP contribution in [0.1, 0.15) is 49.3 Å². The largest absolute Gasteiger partial charge is 0.497 e. The van der Waals surface area contributed by atoms with Gasteiger partial charge in [-0.15, -0.1) is 0 Å². The Kier molecular flexibility index (Phi) is 5.16. The van der Waals surface area contributed by atoms with Crippen LogP contribution < -0.4 is 19.8 Å². The van der Waals surface area contributed by atoms with Crippen molar-refractivity contribution in [2.45, 2.75) is 39.2 Å². The molecule has 1 aliphatic heterocycles. The van der Waals surface area contributed by atoms with E-state index in [1.54, 1.807) is 13.4 Å². The molecular weight excluding hydrogens is 414 g/mol. The number of carbonyl (C=O) groups excluding carboxylic acids is 1. The predicted molar refractivity (Wildman–Crippen MR) is 125 cm³/mol. The molecular formula is C27H28N3O3+. The average Bonchev–Trinajstić information content (AvgIpc) is 2.80. The first-order valence-corrected chi connectivity index (χ1v) is 11.2. The Morgan fingerprint density at radius 3 is 2.55 bits per heavy atom. The zero-order valence-corrected chi connectivity index (χ0v) is 19.2. The van der Waals surface area contributed by atoms with E-state index in [4.69, 9.17) is 15.2 Å². The van der Waals surface area contributed by atoms with E-state index in [1.165, 1.54) is 0 Å². The van der Waals surface area contributed by atoms with Crippen LogP contribution in [0.15, 0.2) is 72.3 Å². The summed E-state index contributed by atoms with van der Waals surface area (Å²) >= 11 is 0. The van der Waals surface area contributed by atoms with E-state index in [-0.39, 0.29) is 17.1 Å². The Morgan fingerprint density at radius 2 is 1.85 bits per heavy atom. The summed E-state index contributed by atoms with van der Waals surface area (Å²) in [7, 11) is 1.64. The molecule has 3 aromatic rings. The third-order valence-corrected chi connectivity index (χ3v) is 6.45. The molecule has 0 bridgehead atoms. The number of allylic oxidation sites excluding steroid dienone is 2. The summed E-state index contributed by atoms with van der Waals surface area (Å²) < 4.78 is 13.5. The molecule has 1 aromatic heterocycles. The summed E-state index contributed by atoms with van der Waals surface area (Å²) in [6, 6.07) is 17.9. The van der Waals surface area contributed by atoms with Crippen LogP contribution in [0.5, 0.6) is 11.6 Å².